The summed E-state index contributed by atoms with van der Waals surface area (Å²) in [5, 5.41) is 8.15. The molecule has 11 nitrogen and oxygen atoms in total. The molecule has 15 heteroatoms. The van der Waals surface area contributed by atoms with E-state index in [1.54, 1.807) is 24.3 Å². The van der Waals surface area contributed by atoms with Gasteiger partial charge in [-0.1, -0.05) is 72.9 Å². The fraction of sp³-hybridized carbons (Fsp3) is 0.564. The molecule has 1 aromatic heterocycles. The minimum Gasteiger partial charge on any atom is -0.375 e. The predicted octanol–water partition coefficient (Wildman–Crippen LogP) is 8.02. The molecule has 2 aliphatic carbocycles. The van der Waals surface area contributed by atoms with Crippen molar-refractivity contribution in [1.82, 2.24) is 10.5 Å². The second-order valence-electron chi connectivity index (χ2n) is 14.6. The number of nitrogens with zero attached hydrogens (tertiary/aromatic N) is 3. The van der Waals surface area contributed by atoms with Crippen LogP contribution < -0.4 is 14.5 Å². The van der Waals surface area contributed by atoms with Crippen molar-refractivity contribution in [2.24, 2.45) is 5.92 Å². The summed E-state index contributed by atoms with van der Waals surface area (Å²) in [6.07, 6.45) is 10.8. The van der Waals surface area contributed by atoms with Gasteiger partial charge in [0, 0.05) is 55.3 Å². The molecule has 3 fully saturated rings. The van der Waals surface area contributed by atoms with E-state index in [2.05, 4.69) is 10.5 Å². The maximum atomic E-state index is 15.7. The number of hydrogen-bond acceptors (Lipinski definition) is 9. The number of aromatic nitrogens is 1. The molecule has 1 aliphatic heterocycles. The molecule has 3 atom stereocenters. The Balaban J connectivity index is 0.963. The van der Waals surface area contributed by atoms with Crippen LogP contribution in [0.2, 0.25) is 10.0 Å². The highest BCUT2D eigenvalue weighted by Crippen LogP contribution is 2.48. The molecule has 0 radical (unpaired) electrons. The van der Waals surface area contributed by atoms with Crippen LogP contribution in [0, 0.1) is 11.7 Å². The van der Waals surface area contributed by atoms with E-state index in [4.69, 9.17) is 37.2 Å². The molecule has 294 valence electrons. The van der Waals surface area contributed by atoms with Gasteiger partial charge in [-0.15, -0.1) is 0 Å². The van der Waals surface area contributed by atoms with E-state index in [1.165, 1.54) is 13.2 Å². The zero-order chi connectivity index (χ0) is 38.2. The van der Waals surface area contributed by atoms with Crippen LogP contribution in [0.1, 0.15) is 94.3 Å². The number of carbonyl (C=O) groups excluding carboxylic acids is 2. The summed E-state index contributed by atoms with van der Waals surface area (Å²) in [6, 6.07) is 9.60. The van der Waals surface area contributed by atoms with Gasteiger partial charge < -0.3 is 24.2 Å². The summed E-state index contributed by atoms with van der Waals surface area (Å²) < 4.78 is 59.6. The Bertz CT molecular complexity index is 1850. The highest BCUT2D eigenvalue weighted by Gasteiger charge is 2.46. The van der Waals surface area contributed by atoms with E-state index in [1.807, 2.05) is 4.90 Å². The van der Waals surface area contributed by atoms with Crippen molar-refractivity contribution in [3.05, 3.63) is 63.6 Å². The zero-order valence-corrected chi connectivity index (χ0v) is 32.9. The van der Waals surface area contributed by atoms with E-state index >= 15 is 4.39 Å². The second-order valence-corrected chi connectivity index (χ2v) is 17.4. The van der Waals surface area contributed by atoms with Crippen molar-refractivity contribution in [2.75, 3.05) is 41.8 Å². The predicted molar refractivity (Wildman–Crippen MR) is 207 cm³/mol. The fourth-order valence-electron chi connectivity index (χ4n) is 7.78. The Kier molecular flexibility index (Phi) is 13.9. The largest absolute Gasteiger partial charge is 0.375 e. The lowest BCUT2D eigenvalue weighted by molar-refractivity contribution is -0.124. The lowest BCUT2D eigenvalue weighted by Crippen LogP contribution is -2.39. The first-order valence-corrected chi connectivity index (χ1v) is 21.3. The first-order valence-electron chi connectivity index (χ1n) is 18.9. The molecule has 0 unspecified atom stereocenters. The third-order valence-electron chi connectivity index (χ3n) is 10.7. The number of carbonyl (C=O) groups is 2. The number of rotatable bonds is 22. The van der Waals surface area contributed by atoms with Crippen molar-refractivity contribution >= 4 is 56.9 Å². The fourth-order valence-corrected chi connectivity index (χ4v) is 9.68. The molecular weight excluding hydrogens is 758 g/mol. The number of sulfonamides is 1. The van der Waals surface area contributed by atoms with Crippen molar-refractivity contribution < 1.29 is 36.4 Å². The third kappa shape index (κ3) is 9.76. The van der Waals surface area contributed by atoms with Crippen LogP contribution in [0.15, 0.2) is 40.9 Å². The Morgan fingerprint density at radius 2 is 1.76 bits per heavy atom. The molecule has 1 saturated heterocycles. The molecule has 2 heterocycles. The molecule has 2 aromatic carbocycles. The topological polar surface area (TPSA) is 131 Å². The number of halogens is 3. The molecule has 6 rings (SSSR count). The van der Waals surface area contributed by atoms with Crippen molar-refractivity contribution in [3.8, 4) is 11.3 Å². The van der Waals surface area contributed by atoms with Crippen LogP contribution >= 0.6 is 23.2 Å². The van der Waals surface area contributed by atoms with Crippen molar-refractivity contribution in [2.45, 2.75) is 102 Å². The maximum Gasteiger partial charge on any atom is 0.245 e. The summed E-state index contributed by atoms with van der Waals surface area (Å²) in [4.78, 5) is 25.4. The van der Waals surface area contributed by atoms with Crippen LogP contribution in [0.5, 0.6) is 0 Å². The van der Waals surface area contributed by atoms with E-state index in [9.17, 15) is 18.0 Å². The van der Waals surface area contributed by atoms with Gasteiger partial charge >= 0.3 is 0 Å². The molecule has 2 saturated carbocycles. The molecule has 3 aliphatic rings. The number of amides is 2. The third-order valence-corrected chi connectivity index (χ3v) is 13.0. The van der Waals surface area contributed by atoms with E-state index in [0.29, 0.717) is 76.2 Å². The number of nitrogens with one attached hydrogen (secondary N) is 1. The van der Waals surface area contributed by atoms with Gasteiger partial charge in [0.05, 0.1) is 39.9 Å². The van der Waals surface area contributed by atoms with E-state index < -0.39 is 15.8 Å². The van der Waals surface area contributed by atoms with Crippen LogP contribution in [0.25, 0.3) is 11.3 Å². The average molecular weight is 808 g/mol. The van der Waals surface area contributed by atoms with Crippen LogP contribution in [0.4, 0.5) is 15.8 Å². The van der Waals surface area contributed by atoms with Gasteiger partial charge in [-0.2, -0.15) is 0 Å². The van der Waals surface area contributed by atoms with Crippen LogP contribution in [-0.4, -0.2) is 70.6 Å². The number of unbranched alkanes of at least 4 members (excludes halogenated alkanes) is 7. The van der Waals surface area contributed by atoms with Gasteiger partial charge in [0.1, 0.15) is 23.9 Å². The Morgan fingerprint density at radius 3 is 2.39 bits per heavy atom. The number of fused-ring (bicyclic) bond motifs is 2. The maximum absolute atomic E-state index is 15.7. The summed E-state index contributed by atoms with van der Waals surface area (Å²) in [5.41, 5.74) is 2.48. The molecule has 2 amide bonds. The number of hydrogen-bond donors (Lipinski definition) is 1. The summed E-state index contributed by atoms with van der Waals surface area (Å²) >= 11 is 13.1. The Morgan fingerprint density at radius 1 is 1.06 bits per heavy atom. The number of anilines is 2. The molecule has 2 bridgehead atoms. The lowest BCUT2D eigenvalue weighted by Gasteiger charge is -2.33. The molecule has 3 aromatic rings. The first kappa shape index (κ1) is 40.4. The smallest absolute Gasteiger partial charge is 0.245 e. The van der Waals surface area contributed by atoms with Crippen LogP contribution in [-0.2, 0) is 35.7 Å². The van der Waals surface area contributed by atoms with Gasteiger partial charge in [-0.25, -0.2) is 17.1 Å². The minimum atomic E-state index is -3.96. The molecule has 1 N–H and O–H groups in total. The molecular formula is C39H49Cl2FN4O7S. The monoisotopic (exact) mass is 806 g/mol. The summed E-state index contributed by atoms with van der Waals surface area (Å²) in [7, 11) is -2.48. The van der Waals surface area contributed by atoms with Gasteiger partial charge in [-0.05, 0) is 62.8 Å². The zero-order valence-electron chi connectivity index (χ0n) is 30.6. The van der Waals surface area contributed by atoms with E-state index in [-0.39, 0.29) is 48.4 Å². The SMILES string of the molecule is COCC(=O)NCCCCCCCCCCS(=O)(=O)N(C=O)c1ccc(N2C[C@@H]3C[C@H]2C[C@H]3OCc2c(-c3c(Cl)cccc3Cl)noc2C2CC2)c(F)c1. The number of benzene rings is 2. The van der Waals surface area contributed by atoms with Gasteiger partial charge in [0.25, 0.3) is 0 Å². The highest BCUT2D eigenvalue weighted by molar-refractivity contribution is 7.93. The van der Waals surface area contributed by atoms with Gasteiger partial charge in [0.15, 0.2) is 0 Å². The normalized spacial score (nSPS) is 19.4. The highest BCUT2D eigenvalue weighted by atomic mass is 35.5. The number of piperidine rings is 1. The first-order chi connectivity index (χ1) is 26.1. The van der Waals surface area contributed by atoms with Crippen LogP contribution in [0.3, 0.4) is 0 Å². The summed E-state index contributed by atoms with van der Waals surface area (Å²) in [5.74, 6) is 0.426. The van der Waals surface area contributed by atoms with E-state index in [0.717, 1.165) is 75.2 Å². The Labute approximate surface area is 326 Å². The van der Waals surface area contributed by atoms with Crippen molar-refractivity contribution in [3.63, 3.8) is 0 Å². The number of methoxy groups -OCH3 is 1. The minimum absolute atomic E-state index is 0.00941. The molecule has 0 spiro atoms. The van der Waals surface area contributed by atoms with Crippen molar-refractivity contribution in [1.29, 1.82) is 0 Å². The second kappa shape index (κ2) is 18.6. The molecule has 54 heavy (non-hydrogen) atoms. The van der Waals surface area contributed by atoms with Gasteiger partial charge in [-0.3, -0.25) is 9.59 Å². The quantitative estimate of drug-likeness (QED) is 0.0792. The van der Waals surface area contributed by atoms with Gasteiger partial charge in [0.2, 0.25) is 22.3 Å². The average Bonchev–Trinajstić information content (AvgIpc) is 3.59. The standard InChI is InChI=1S/C39H49Cl2FN4O7S/c1-51-24-36(48)43-17-8-6-4-2-3-5-7-9-18-54(49,50)46(25-47)28-15-16-34(33(42)20-28)45-22-27-19-29(45)21-35(27)52-23-30-38(44-53-39(30)26-13-14-26)37-31(40)11-10-12-32(37)41/h10-12,15-16,20,25-27,29,35H,2-9,13-14,17-19,21-24H2,1H3,(H,43,48)/t27-,29-,35+/m0/s1. The Hall–Kier alpha value is -3.23. The number of ether oxygens (including phenoxy) is 2. The lowest BCUT2D eigenvalue weighted by atomic mass is 10.0. The summed E-state index contributed by atoms with van der Waals surface area (Å²) in [6.45, 7) is 1.60.